The summed E-state index contributed by atoms with van der Waals surface area (Å²) in [6, 6.07) is 0.546. The molecule has 0 spiro atoms. The lowest BCUT2D eigenvalue weighted by atomic mass is 9.84. The lowest BCUT2D eigenvalue weighted by molar-refractivity contribution is -0.120. The van der Waals surface area contributed by atoms with Crippen molar-refractivity contribution in [1.82, 2.24) is 15.5 Å². The molecule has 3 heterocycles. The van der Waals surface area contributed by atoms with Crippen molar-refractivity contribution in [3.8, 4) is 0 Å². The van der Waals surface area contributed by atoms with Crippen molar-refractivity contribution >= 4 is 5.91 Å². The minimum absolute atomic E-state index is 0.174. The number of carbonyl (C=O) groups is 1. The van der Waals surface area contributed by atoms with Crippen molar-refractivity contribution in [2.75, 3.05) is 32.7 Å². The molecule has 17 heavy (non-hydrogen) atoms. The fourth-order valence-corrected chi connectivity index (χ4v) is 3.06. The van der Waals surface area contributed by atoms with Gasteiger partial charge in [-0.1, -0.05) is 0 Å². The Morgan fingerprint density at radius 3 is 2.53 bits per heavy atom. The van der Waals surface area contributed by atoms with Gasteiger partial charge in [-0.2, -0.15) is 0 Å². The van der Waals surface area contributed by atoms with E-state index in [0.29, 0.717) is 12.6 Å². The monoisotopic (exact) mass is 237 g/mol. The molecule has 0 aromatic carbocycles. The van der Waals surface area contributed by atoms with Crippen LogP contribution in [0.3, 0.4) is 0 Å². The Labute approximate surface area is 103 Å². The molecule has 96 valence electrons. The van der Waals surface area contributed by atoms with Crippen LogP contribution in [0.2, 0.25) is 0 Å². The highest BCUT2D eigenvalue weighted by molar-refractivity contribution is 5.78. The third kappa shape index (κ3) is 2.99. The predicted molar refractivity (Wildman–Crippen MR) is 66.7 cm³/mol. The van der Waals surface area contributed by atoms with Crippen molar-refractivity contribution < 1.29 is 4.79 Å². The van der Waals surface area contributed by atoms with E-state index in [1.165, 1.54) is 38.8 Å². The average Bonchev–Trinajstić information content (AvgIpc) is 3.19. The van der Waals surface area contributed by atoms with Crippen molar-refractivity contribution in [2.24, 2.45) is 11.8 Å². The van der Waals surface area contributed by atoms with E-state index >= 15 is 0 Å². The van der Waals surface area contributed by atoms with Gasteiger partial charge in [0.15, 0.2) is 0 Å². The van der Waals surface area contributed by atoms with Crippen LogP contribution in [-0.2, 0) is 4.79 Å². The normalized spacial score (nSPS) is 35.9. The van der Waals surface area contributed by atoms with Gasteiger partial charge >= 0.3 is 0 Å². The van der Waals surface area contributed by atoms with Crippen LogP contribution in [0.25, 0.3) is 0 Å². The highest BCUT2D eigenvalue weighted by Gasteiger charge is 2.33. The summed E-state index contributed by atoms with van der Waals surface area (Å²) in [6.07, 6.45) is 5.21. The van der Waals surface area contributed by atoms with Crippen LogP contribution in [0.1, 0.15) is 25.7 Å². The summed E-state index contributed by atoms with van der Waals surface area (Å²) in [7, 11) is 0. The fraction of sp³-hybridized carbons (Fsp3) is 0.923. The summed E-state index contributed by atoms with van der Waals surface area (Å²) in [5.41, 5.74) is 0. The molecule has 4 heteroatoms. The topological polar surface area (TPSA) is 44.4 Å². The Bertz CT molecular complexity index is 282. The molecule has 3 saturated heterocycles. The summed E-state index contributed by atoms with van der Waals surface area (Å²) in [5, 5.41) is 6.46. The number of nitrogens with one attached hydrogen (secondary N) is 2. The van der Waals surface area contributed by atoms with E-state index in [9.17, 15) is 4.79 Å². The van der Waals surface area contributed by atoms with Crippen LogP contribution in [-0.4, -0.2) is 49.6 Å². The van der Waals surface area contributed by atoms with Crippen molar-refractivity contribution in [1.29, 1.82) is 0 Å². The van der Waals surface area contributed by atoms with Gasteiger partial charge in [-0.25, -0.2) is 0 Å². The Morgan fingerprint density at radius 2 is 1.94 bits per heavy atom. The zero-order chi connectivity index (χ0) is 11.7. The van der Waals surface area contributed by atoms with Gasteiger partial charge in [-0.05, 0) is 50.6 Å². The second kappa shape index (κ2) is 4.94. The molecule has 4 nitrogen and oxygen atoms in total. The number of piperidine rings is 3. The smallest absolute Gasteiger partial charge is 0.233 e. The molecule has 4 aliphatic rings. The first-order valence-corrected chi connectivity index (χ1v) is 7.03. The van der Waals surface area contributed by atoms with E-state index in [1.54, 1.807) is 0 Å². The second-order valence-electron chi connectivity index (χ2n) is 5.87. The van der Waals surface area contributed by atoms with Gasteiger partial charge in [-0.3, -0.25) is 4.79 Å². The molecule has 1 saturated carbocycles. The van der Waals surface area contributed by atoms with Crippen molar-refractivity contribution in [2.45, 2.75) is 31.7 Å². The molecule has 2 bridgehead atoms. The molecule has 1 aliphatic carbocycles. The number of carbonyl (C=O) groups excluding carboxylic acids is 1. The molecular formula is C13H23N3O. The largest absolute Gasteiger partial charge is 0.355 e. The predicted octanol–water partition coefficient (Wildman–Crippen LogP) is 0.196. The number of nitrogens with zero attached hydrogens (tertiary/aromatic N) is 1. The second-order valence-corrected chi connectivity index (χ2v) is 5.87. The Balaban J connectivity index is 1.36. The molecule has 4 rings (SSSR count). The Hall–Kier alpha value is -0.610. The van der Waals surface area contributed by atoms with Crippen LogP contribution >= 0.6 is 0 Å². The first-order valence-electron chi connectivity index (χ1n) is 7.03. The van der Waals surface area contributed by atoms with Gasteiger partial charge in [0.25, 0.3) is 0 Å². The van der Waals surface area contributed by atoms with Crippen LogP contribution < -0.4 is 10.6 Å². The third-order valence-electron chi connectivity index (χ3n) is 4.47. The molecule has 1 amide bonds. The zero-order valence-corrected chi connectivity index (χ0v) is 10.5. The maximum atomic E-state index is 11.6. The third-order valence-corrected chi connectivity index (χ3v) is 4.47. The number of rotatable bonds is 5. The summed E-state index contributed by atoms with van der Waals surface area (Å²) in [6.45, 7) is 5.05. The van der Waals surface area contributed by atoms with Gasteiger partial charge in [0, 0.05) is 19.1 Å². The number of amides is 1. The number of fused-ring (bicyclic) bond motifs is 3. The molecule has 1 atom stereocenters. The quantitative estimate of drug-likeness (QED) is 0.718. The lowest BCUT2D eigenvalue weighted by Crippen LogP contribution is -2.57. The summed E-state index contributed by atoms with van der Waals surface area (Å²) < 4.78 is 0. The molecule has 0 aromatic heterocycles. The minimum atomic E-state index is 0.174. The molecule has 4 fully saturated rings. The van der Waals surface area contributed by atoms with Crippen LogP contribution in [0.5, 0.6) is 0 Å². The van der Waals surface area contributed by atoms with Gasteiger partial charge < -0.3 is 15.5 Å². The molecular weight excluding hydrogens is 214 g/mol. The van der Waals surface area contributed by atoms with Crippen LogP contribution in [0.4, 0.5) is 0 Å². The summed E-state index contributed by atoms with van der Waals surface area (Å²) in [4.78, 5) is 14.2. The minimum Gasteiger partial charge on any atom is -0.355 e. The molecule has 0 aromatic rings. The first-order chi connectivity index (χ1) is 8.31. The van der Waals surface area contributed by atoms with Crippen LogP contribution in [0.15, 0.2) is 0 Å². The lowest BCUT2D eigenvalue weighted by Gasteiger charge is -2.45. The van der Waals surface area contributed by atoms with Gasteiger partial charge in [0.05, 0.1) is 6.54 Å². The first kappa shape index (κ1) is 11.5. The Morgan fingerprint density at radius 1 is 1.18 bits per heavy atom. The molecule has 3 aliphatic heterocycles. The number of hydrogen-bond acceptors (Lipinski definition) is 3. The molecule has 2 N–H and O–H groups in total. The van der Waals surface area contributed by atoms with Crippen LogP contribution in [0, 0.1) is 11.8 Å². The van der Waals surface area contributed by atoms with Crippen molar-refractivity contribution in [3.05, 3.63) is 0 Å². The summed E-state index contributed by atoms with van der Waals surface area (Å²) in [5.74, 6) is 1.75. The fourth-order valence-electron chi connectivity index (χ4n) is 3.06. The van der Waals surface area contributed by atoms with E-state index in [4.69, 9.17) is 0 Å². The van der Waals surface area contributed by atoms with Gasteiger partial charge in [-0.15, -0.1) is 0 Å². The average molecular weight is 237 g/mol. The van der Waals surface area contributed by atoms with E-state index in [2.05, 4.69) is 15.5 Å². The van der Waals surface area contributed by atoms with E-state index in [-0.39, 0.29) is 5.91 Å². The highest BCUT2D eigenvalue weighted by atomic mass is 16.1. The van der Waals surface area contributed by atoms with Gasteiger partial charge in [0.1, 0.15) is 0 Å². The maximum Gasteiger partial charge on any atom is 0.233 e. The zero-order valence-electron chi connectivity index (χ0n) is 10.5. The van der Waals surface area contributed by atoms with E-state index in [1.807, 2.05) is 0 Å². The standard InChI is InChI=1S/C13H23N3O/c17-13(15-7-10-1-2-10)8-14-12-9-16-5-3-11(12)4-6-16/h10-12,14H,1-9H2,(H,15,17). The molecule has 0 radical (unpaired) electrons. The highest BCUT2D eigenvalue weighted by Crippen LogP contribution is 2.28. The SMILES string of the molecule is O=C(CNC1CN2CCC1CC2)NCC1CC1. The van der Waals surface area contributed by atoms with E-state index < -0.39 is 0 Å². The Kier molecular flexibility index (Phi) is 3.34. The van der Waals surface area contributed by atoms with E-state index in [0.717, 1.165) is 24.9 Å². The maximum absolute atomic E-state index is 11.6. The van der Waals surface area contributed by atoms with Crippen molar-refractivity contribution in [3.63, 3.8) is 0 Å². The summed E-state index contributed by atoms with van der Waals surface area (Å²) >= 11 is 0. The molecule has 1 unspecified atom stereocenters. The number of hydrogen-bond donors (Lipinski definition) is 2. The van der Waals surface area contributed by atoms with Gasteiger partial charge in [0.2, 0.25) is 5.91 Å².